The van der Waals surface area contributed by atoms with Crippen molar-refractivity contribution in [2.45, 2.75) is 18.7 Å². The third-order valence-corrected chi connectivity index (χ3v) is 3.12. The topological polar surface area (TPSA) is 64.4 Å². The molecule has 15 heavy (non-hydrogen) atoms. The average molecular weight is 223 g/mol. The first-order valence-corrected chi connectivity index (χ1v) is 6.12. The van der Waals surface area contributed by atoms with Crippen LogP contribution in [0.2, 0.25) is 0 Å². The molecule has 0 fully saturated rings. The van der Waals surface area contributed by atoms with Crippen molar-refractivity contribution in [1.29, 1.82) is 0 Å². The molecule has 0 aromatic heterocycles. The van der Waals surface area contributed by atoms with Crippen LogP contribution in [0.3, 0.4) is 0 Å². The van der Waals surface area contributed by atoms with Crippen LogP contribution in [-0.2, 0) is 6.54 Å². The monoisotopic (exact) mass is 223 g/mol. The third-order valence-electron chi connectivity index (χ3n) is 2.17. The highest BCUT2D eigenvalue weighted by Crippen LogP contribution is 2.15. The van der Waals surface area contributed by atoms with E-state index in [9.17, 15) is 0 Å². The molecule has 3 nitrogen and oxygen atoms in total. The number of rotatable bonds is 4. The molecule has 0 bridgehead atoms. The predicted molar refractivity (Wildman–Crippen MR) is 68.6 cm³/mol. The zero-order valence-corrected chi connectivity index (χ0v) is 9.92. The van der Waals surface area contributed by atoms with Gasteiger partial charge in [-0.05, 0) is 30.9 Å². The molecule has 1 unspecified atom stereocenters. The van der Waals surface area contributed by atoms with E-state index in [1.807, 2.05) is 37.4 Å². The van der Waals surface area contributed by atoms with E-state index in [1.54, 1.807) is 11.8 Å². The Labute approximate surface area is 95.0 Å². The molecule has 1 aromatic carbocycles. The second-order valence-electron chi connectivity index (χ2n) is 3.29. The first-order chi connectivity index (χ1) is 7.17. The molecule has 82 valence electrons. The molecular formula is C11H17N3S. The van der Waals surface area contributed by atoms with Crippen LogP contribution < -0.4 is 11.5 Å². The van der Waals surface area contributed by atoms with Gasteiger partial charge in [-0.25, -0.2) is 4.99 Å². The van der Waals surface area contributed by atoms with Gasteiger partial charge in [-0.1, -0.05) is 12.1 Å². The Balaban J connectivity index is 2.87. The number of benzene rings is 1. The van der Waals surface area contributed by atoms with Crippen molar-refractivity contribution in [3.05, 3.63) is 29.8 Å². The number of nitrogens with two attached hydrogens (primary N) is 2. The molecule has 0 saturated heterocycles. The summed E-state index contributed by atoms with van der Waals surface area (Å²) in [5.74, 6) is 0.650. The van der Waals surface area contributed by atoms with Gasteiger partial charge < -0.3 is 11.5 Å². The Morgan fingerprint density at radius 1 is 1.53 bits per heavy atom. The number of hydrogen-bond donors (Lipinski definition) is 2. The maximum absolute atomic E-state index is 5.85. The normalized spacial score (nSPS) is 13.9. The Kier molecular flexibility index (Phi) is 4.65. The first-order valence-electron chi connectivity index (χ1n) is 4.83. The largest absolute Gasteiger partial charge is 0.386 e. The van der Waals surface area contributed by atoms with Crippen molar-refractivity contribution in [2.75, 3.05) is 6.26 Å². The van der Waals surface area contributed by atoms with E-state index in [4.69, 9.17) is 11.5 Å². The highest BCUT2D eigenvalue weighted by atomic mass is 32.2. The summed E-state index contributed by atoms with van der Waals surface area (Å²) in [6, 6.07) is 7.81. The molecule has 0 aliphatic rings. The number of aliphatic imine (C=N–C) groups is 1. The van der Waals surface area contributed by atoms with Gasteiger partial charge in [0, 0.05) is 6.54 Å². The zero-order valence-electron chi connectivity index (χ0n) is 9.10. The Hall–Kier alpha value is -1.00. The molecule has 0 aliphatic carbocycles. The summed E-state index contributed by atoms with van der Waals surface area (Å²) in [7, 11) is 0. The van der Waals surface area contributed by atoms with Crippen LogP contribution in [0.15, 0.2) is 29.3 Å². The highest BCUT2D eigenvalue weighted by Gasteiger charge is 2.04. The van der Waals surface area contributed by atoms with Crippen molar-refractivity contribution < 1.29 is 0 Å². The van der Waals surface area contributed by atoms with Gasteiger partial charge in [-0.2, -0.15) is 11.8 Å². The number of hydrogen-bond acceptors (Lipinski definition) is 3. The van der Waals surface area contributed by atoms with Crippen LogP contribution in [-0.4, -0.2) is 17.3 Å². The van der Waals surface area contributed by atoms with E-state index in [1.165, 1.54) is 0 Å². The molecule has 4 N–H and O–H groups in total. The third kappa shape index (κ3) is 3.57. The van der Waals surface area contributed by atoms with Gasteiger partial charge in [-0.15, -0.1) is 0 Å². The zero-order chi connectivity index (χ0) is 11.3. The van der Waals surface area contributed by atoms with Crippen molar-refractivity contribution in [1.82, 2.24) is 0 Å². The molecule has 1 aromatic rings. The Morgan fingerprint density at radius 3 is 2.87 bits per heavy atom. The summed E-state index contributed by atoms with van der Waals surface area (Å²) in [4.78, 5) is 4.36. The van der Waals surface area contributed by atoms with Crippen molar-refractivity contribution in [3.63, 3.8) is 0 Å². The molecule has 4 heteroatoms. The molecule has 0 radical (unpaired) electrons. The van der Waals surface area contributed by atoms with Crippen molar-refractivity contribution in [3.8, 4) is 0 Å². The lowest BCUT2D eigenvalue weighted by Gasteiger charge is -2.07. The fraction of sp³-hybridized carbons (Fsp3) is 0.364. The van der Waals surface area contributed by atoms with Crippen LogP contribution in [0.25, 0.3) is 0 Å². The van der Waals surface area contributed by atoms with E-state index < -0.39 is 0 Å². The van der Waals surface area contributed by atoms with E-state index in [0.717, 1.165) is 11.3 Å². The molecule has 0 heterocycles. The summed E-state index contributed by atoms with van der Waals surface area (Å²) in [5.41, 5.74) is 13.3. The second kappa shape index (κ2) is 5.78. The van der Waals surface area contributed by atoms with Gasteiger partial charge in [0.1, 0.15) is 5.84 Å². The van der Waals surface area contributed by atoms with Crippen LogP contribution in [0, 0.1) is 0 Å². The van der Waals surface area contributed by atoms with E-state index >= 15 is 0 Å². The predicted octanol–water partition coefficient (Wildman–Crippen LogP) is 1.89. The minimum absolute atomic E-state index is 0.242. The summed E-state index contributed by atoms with van der Waals surface area (Å²) < 4.78 is 0. The molecule has 0 spiro atoms. The Bertz CT molecular complexity index is 349. The quantitative estimate of drug-likeness (QED) is 0.605. The molecule has 0 saturated carbocycles. The number of nitrogens with zero attached hydrogens (tertiary/aromatic N) is 1. The van der Waals surface area contributed by atoms with E-state index in [-0.39, 0.29) is 5.25 Å². The minimum Gasteiger partial charge on any atom is -0.386 e. The van der Waals surface area contributed by atoms with Crippen LogP contribution >= 0.6 is 11.8 Å². The summed E-state index contributed by atoms with van der Waals surface area (Å²) >= 11 is 1.68. The van der Waals surface area contributed by atoms with Crippen molar-refractivity contribution in [2.24, 2.45) is 16.5 Å². The maximum atomic E-state index is 5.85. The van der Waals surface area contributed by atoms with Gasteiger partial charge in [-0.3, -0.25) is 0 Å². The smallest absolute Gasteiger partial charge is 0.112 e. The SMILES string of the molecule is CSC(C)C(N)=Nc1cccc(CN)c1. The average Bonchev–Trinajstić information content (AvgIpc) is 2.28. The summed E-state index contributed by atoms with van der Waals surface area (Å²) in [6.45, 7) is 2.57. The van der Waals surface area contributed by atoms with Crippen molar-refractivity contribution >= 4 is 23.3 Å². The lowest BCUT2D eigenvalue weighted by molar-refractivity contribution is 1.07. The fourth-order valence-electron chi connectivity index (χ4n) is 1.11. The lowest BCUT2D eigenvalue weighted by atomic mass is 10.2. The van der Waals surface area contributed by atoms with Gasteiger partial charge in [0.25, 0.3) is 0 Å². The molecule has 0 aliphatic heterocycles. The van der Waals surface area contributed by atoms with Crippen LogP contribution in [0.1, 0.15) is 12.5 Å². The van der Waals surface area contributed by atoms with E-state index in [2.05, 4.69) is 4.99 Å². The number of thioether (sulfide) groups is 1. The Morgan fingerprint density at radius 2 is 2.27 bits per heavy atom. The van der Waals surface area contributed by atoms with Crippen LogP contribution in [0.5, 0.6) is 0 Å². The van der Waals surface area contributed by atoms with Gasteiger partial charge >= 0.3 is 0 Å². The molecular weight excluding hydrogens is 206 g/mol. The summed E-state index contributed by atoms with van der Waals surface area (Å²) in [5, 5.41) is 0.242. The van der Waals surface area contributed by atoms with Gasteiger partial charge in [0.2, 0.25) is 0 Å². The van der Waals surface area contributed by atoms with E-state index in [0.29, 0.717) is 12.4 Å². The first kappa shape index (κ1) is 12.1. The summed E-state index contributed by atoms with van der Waals surface area (Å²) in [6.07, 6.45) is 2.02. The standard InChI is InChI=1S/C11H17N3S/c1-8(15-2)11(13)14-10-5-3-4-9(6-10)7-12/h3-6,8H,7,12H2,1-2H3,(H2,13,14). The lowest BCUT2D eigenvalue weighted by Crippen LogP contribution is -2.22. The highest BCUT2D eigenvalue weighted by molar-refractivity contribution is 7.99. The minimum atomic E-state index is 0.242. The number of amidine groups is 1. The fourth-order valence-corrected chi connectivity index (χ4v) is 1.41. The van der Waals surface area contributed by atoms with Gasteiger partial charge in [0.05, 0.1) is 10.9 Å². The van der Waals surface area contributed by atoms with Crippen LogP contribution in [0.4, 0.5) is 5.69 Å². The second-order valence-corrected chi connectivity index (χ2v) is 4.47. The molecule has 1 atom stereocenters. The molecule has 1 rings (SSSR count). The van der Waals surface area contributed by atoms with Gasteiger partial charge in [0.15, 0.2) is 0 Å². The molecule has 0 amide bonds. The maximum Gasteiger partial charge on any atom is 0.112 e.